The summed E-state index contributed by atoms with van der Waals surface area (Å²) in [6, 6.07) is 1.82. The van der Waals surface area contributed by atoms with E-state index in [4.69, 9.17) is 5.73 Å². The highest BCUT2D eigenvalue weighted by molar-refractivity contribution is 5.96. The highest BCUT2D eigenvalue weighted by atomic mass is 35.5. The van der Waals surface area contributed by atoms with Gasteiger partial charge in [0.05, 0.1) is 5.56 Å². The molecule has 4 rings (SSSR count). The number of hydrogen-bond acceptors (Lipinski definition) is 6. The maximum Gasteiger partial charge on any atom is 0.255 e. The van der Waals surface area contributed by atoms with E-state index in [1.165, 1.54) is 0 Å². The minimum Gasteiger partial charge on any atom is -0.369 e. The van der Waals surface area contributed by atoms with Gasteiger partial charge in [0.15, 0.2) is 5.65 Å². The van der Waals surface area contributed by atoms with Gasteiger partial charge >= 0.3 is 0 Å². The van der Waals surface area contributed by atoms with Gasteiger partial charge in [0.1, 0.15) is 5.52 Å². The number of amides is 1. The van der Waals surface area contributed by atoms with Crippen molar-refractivity contribution in [2.45, 2.75) is 31.8 Å². The van der Waals surface area contributed by atoms with Gasteiger partial charge in [0.2, 0.25) is 5.95 Å². The van der Waals surface area contributed by atoms with E-state index in [1.807, 2.05) is 22.5 Å². The Morgan fingerprint density at radius 3 is 2.68 bits per heavy atom. The molecule has 2 aromatic heterocycles. The number of carbonyl (C=O) groups is 1. The fourth-order valence-electron chi connectivity index (χ4n) is 4.31. The van der Waals surface area contributed by atoms with Crippen molar-refractivity contribution in [2.75, 3.05) is 45.5 Å². The fourth-order valence-corrected chi connectivity index (χ4v) is 4.31. The van der Waals surface area contributed by atoms with Gasteiger partial charge in [0.25, 0.3) is 5.91 Å². The third kappa shape index (κ3) is 3.78. The zero-order valence-electron chi connectivity index (χ0n) is 16.3. The number of nitrogens with zero attached hydrogens (tertiary/aromatic N) is 5. The molecule has 28 heavy (non-hydrogen) atoms. The molecule has 156 valence electrons. The first-order valence-corrected chi connectivity index (χ1v) is 9.37. The molecule has 0 aliphatic carbocycles. The van der Waals surface area contributed by atoms with E-state index in [2.05, 4.69) is 27.2 Å². The van der Waals surface area contributed by atoms with Crippen molar-refractivity contribution in [3.05, 3.63) is 17.8 Å². The Bertz CT molecular complexity index is 835. The number of carbonyl (C=O) groups excluding carboxylic acids is 1. The van der Waals surface area contributed by atoms with E-state index >= 15 is 0 Å². The lowest BCUT2D eigenvalue weighted by molar-refractivity contribution is -0.000988. The molecule has 0 unspecified atom stereocenters. The number of fused-ring (bicyclic) bond motifs is 1. The maximum atomic E-state index is 13.1. The van der Waals surface area contributed by atoms with Gasteiger partial charge < -0.3 is 16.0 Å². The van der Waals surface area contributed by atoms with E-state index in [0.717, 1.165) is 51.2 Å². The number of nitrogen functional groups attached to an aromatic ring is 1. The number of hydrogen-bond donors (Lipinski definition) is 2. The van der Waals surface area contributed by atoms with E-state index in [-0.39, 0.29) is 36.3 Å². The van der Waals surface area contributed by atoms with Crippen LogP contribution in [0.1, 0.15) is 30.1 Å². The Hall–Kier alpha value is -1.61. The minimum absolute atomic E-state index is 0. The zero-order chi connectivity index (χ0) is 18.3. The molecule has 0 bridgehead atoms. The number of halogens is 2. The summed E-state index contributed by atoms with van der Waals surface area (Å²) in [5, 5.41) is 3.42. The van der Waals surface area contributed by atoms with Crippen molar-refractivity contribution in [2.24, 2.45) is 0 Å². The number of likely N-dealkylation sites (N-methyl/N-ethyl adjacent to an activating group) is 1. The Morgan fingerprint density at radius 1 is 1.29 bits per heavy atom. The molecule has 2 aliphatic heterocycles. The van der Waals surface area contributed by atoms with Crippen molar-refractivity contribution in [1.29, 1.82) is 0 Å². The number of piperidine rings is 1. The summed E-state index contributed by atoms with van der Waals surface area (Å²) in [6.45, 7) is 7.14. The highest BCUT2D eigenvalue weighted by Gasteiger charge is 2.41. The van der Waals surface area contributed by atoms with Crippen LogP contribution in [0, 0.1) is 0 Å². The second-order valence-electron chi connectivity index (χ2n) is 7.40. The number of piperazine rings is 1. The van der Waals surface area contributed by atoms with Gasteiger partial charge in [-0.3, -0.25) is 14.3 Å². The van der Waals surface area contributed by atoms with Gasteiger partial charge in [0, 0.05) is 37.9 Å². The first-order chi connectivity index (χ1) is 12.5. The number of imidazole rings is 1. The molecule has 2 aliphatic rings. The van der Waals surface area contributed by atoms with Crippen LogP contribution < -0.4 is 11.1 Å². The van der Waals surface area contributed by atoms with Crippen molar-refractivity contribution in [3.8, 4) is 0 Å². The quantitative estimate of drug-likeness (QED) is 0.748. The summed E-state index contributed by atoms with van der Waals surface area (Å²) in [4.78, 5) is 26.4. The SMILES string of the molecule is CCn1c(N)nc2cc(C(=O)N3CCN(C)C4(CCNCC4)C3)cnc21.Cl.Cl. The third-order valence-electron chi connectivity index (χ3n) is 6.00. The number of anilines is 1. The molecule has 2 fully saturated rings. The lowest BCUT2D eigenvalue weighted by Crippen LogP contribution is -2.64. The molecule has 1 amide bonds. The average Bonchev–Trinajstić information content (AvgIpc) is 2.98. The maximum absolute atomic E-state index is 13.1. The molecular formula is C18H29Cl2N7O. The van der Waals surface area contributed by atoms with Gasteiger partial charge in [-0.15, -0.1) is 24.8 Å². The van der Waals surface area contributed by atoms with Crippen LogP contribution in [0.15, 0.2) is 12.3 Å². The monoisotopic (exact) mass is 429 g/mol. The number of rotatable bonds is 2. The van der Waals surface area contributed by atoms with Crippen LogP contribution in [0.4, 0.5) is 5.95 Å². The molecule has 2 saturated heterocycles. The van der Waals surface area contributed by atoms with Crippen LogP contribution in [0.3, 0.4) is 0 Å². The molecule has 0 radical (unpaired) electrons. The van der Waals surface area contributed by atoms with Gasteiger partial charge in [-0.1, -0.05) is 0 Å². The second-order valence-corrected chi connectivity index (χ2v) is 7.40. The van der Waals surface area contributed by atoms with E-state index in [1.54, 1.807) is 6.20 Å². The van der Waals surface area contributed by atoms with Crippen molar-refractivity contribution >= 4 is 47.8 Å². The summed E-state index contributed by atoms with van der Waals surface area (Å²) in [6.07, 6.45) is 3.80. The number of aromatic nitrogens is 3. The van der Waals surface area contributed by atoms with Gasteiger partial charge in [-0.05, 0) is 46.0 Å². The van der Waals surface area contributed by atoms with Crippen molar-refractivity contribution in [1.82, 2.24) is 29.7 Å². The molecule has 3 N–H and O–H groups in total. The van der Waals surface area contributed by atoms with Crippen LogP contribution in [0.2, 0.25) is 0 Å². The molecule has 4 heterocycles. The lowest BCUT2D eigenvalue weighted by Gasteiger charge is -2.51. The average molecular weight is 430 g/mol. The fraction of sp³-hybridized carbons (Fsp3) is 0.611. The molecule has 10 heteroatoms. The summed E-state index contributed by atoms with van der Waals surface area (Å²) in [5.74, 6) is 0.475. The number of aryl methyl sites for hydroxylation is 1. The van der Waals surface area contributed by atoms with Crippen LogP contribution in [-0.2, 0) is 6.54 Å². The molecular weight excluding hydrogens is 401 g/mol. The van der Waals surface area contributed by atoms with Crippen molar-refractivity contribution in [3.63, 3.8) is 0 Å². The van der Waals surface area contributed by atoms with E-state index < -0.39 is 0 Å². The predicted octanol–water partition coefficient (Wildman–Crippen LogP) is 1.39. The van der Waals surface area contributed by atoms with Crippen LogP contribution >= 0.6 is 24.8 Å². The number of pyridine rings is 1. The minimum atomic E-state index is 0. The second kappa shape index (κ2) is 8.82. The van der Waals surface area contributed by atoms with E-state index in [0.29, 0.717) is 23.6 Å². The molecule has 0 saturated carbocycles. The third-order valence-corrected chi connectivity index (χ3v) is 6.00. The Balaban J connectivity index is 0.00000140. The van der Waals surface area contributed by atoms with Crippen molar-refractivity contribution < 1.29 is 4.79 Å². The summed E-state index contributed by atoms with van der Waals surface area (Å²) >= 11 is 0. The van der Waals surface area contributed by atoms with Gasteiger partial charge in [-0.2, -0.15) is 0 Å². The number of nitrogens with one attached hydrogen (secondary N) is 1. The Kier molecular flexibility index (Phi) is 7.14. The topological polar surface area (TPSA) is 92.3 Å². The first-order valence-electron chi connectivity index (χ1n) is 9.37. The largest absolute Gasteiger partial charge is 0.369 e. The summed E-state index contributed by atoms with van der Waals surface area (Å²) < 4.78 is 1.85. The first kappa shape index (κ1) is 22.7. The molecule has 8 nitrogen and oxygen atoms in total. The molecule has 2 aromatic rings. The van der Waals surface area contributed by atoms with E-state index in [9.17, 15) is 4.79 Å². The molecule has 0 aromatic carbocycles. The lowest BCUT2D eigenvalue weighted by atomic mass is 9.84. The van der Waals surface area contributed by atoms with Crippen LogP contribution in [0.25, 0.3) is 11.2 Å². The summed E-state index contributed by atoms with van der Waals surface area (Å²) in [7, 11) is 2.18. The highest BCUT2D eigenvalue weighted by Crippen LogP contribution is 2.30. The Labute approximate surface area is 177 Å². The summed E-state index contributed by atoms with van der Waals surface area (Å²) in [5.41, 5.74) is 8.04. The zero-order valence-corrected chi connectivity index (χ0v) is 18.0. The normalized spacial score (nSPS) is 19.3. The van der Waals surface area contributed by atoms with Crippen LogP contribution in [-0.4, -0.2) is 75.6 Å². The standard InChI is InChI=1S/C18H27N7O.2ClH/c1-3-25-15-14(22-17(25)19)10-13(11-21-15)16(26)24-9-8-23(2)18(12-24)4-6-20-7-5-18;;/h10-11,20H,3-9,12H2,1-2H3,(H2,19,22);2*1H. The molecule has 1 spiro atoms. The predicted molar refractivity (Wildman–Crippen MR) is 115 cm³/mol. The molecule has 0 atom stereocenters. The van der Waals surface area contributed by atoms with Crippen LogP contribution in [0.5, 0.6) is 0 Å². The Morgan fingerprint density at radius 2 is 2.00 bits per heavy atom. The van der Waals surface area contributed by atoms with Gasteiger partial charge in [-0.25, -0.2) is 9.97 Å². The smallest absolute Gasteiger partial charge is 0.255 e. The number of nitrogens with two attached hydrogens (primary N) is 1.